The van der Waals surface area contributed by atoms with Crippen LogP contribution in [0.3, 0.4) is 0 Å². The molecule has 3 rings (SSSR count). The molecule has 0 N–H and O–H groups in total. The molecule has 0 saturated heterocycles. The zero-order chi connectivity index (χ0) is 22.5. The summed E-state index contributed by atoms with van der Waals surface area (Å²) in [6.07, 6.45) is 0. The number of amides is 1. The van der Waals surface area contributed by atoms with Gasteiger partial charge in [-0.05, 0) is 36.6 Å². The van der Waals surface area contributed by atoms with Crippen LogP contribution in [-0.4, -0.2) is 29.7 Å². The average Bonchev–Trinajstić information content (AvgIpc) is 3.03. The number of ether oxygens (including phenoxy) is 2. The summed E-state index contributed by atoms with van der Waals surface area (Å²) in [7, 11) is 0. The second-order valence-corrected chi connectivity index (χ2v) is 8.04. The number of esters is 1. The van der Waals surface area contributed by atoms with E-state index in [0.29, 0.717) is 17.7 Å². The van der Waals surface area contributed by atoms with E-state index in [1.54, 1.807) is 19.1 Å². The zero-order valence-electron chi connectivity index (χ0n) is 17.4. The first kappa shape index (κ1) is 22.6. The normalized spacial score (nSPS) is 11.9. The molecular formula is C22H22F2N2O4S. The smallest absolute Gasteiger partial charge is 0.326 e. The molecule has 31 heavy (non-hydrogen) atoms. The molecule has 0 bridgehead atoms. The van der Waals surface area contributed by atoms with Crippen molar-refractivity contribution in [2.45, 2.75) is 33.2 Å². The van der Waals surface area contributed by atoms with Crippen LogP contribution < -0.4 is 9.54 Å². The van der Waals surface area contributed by atoms with Crippen LogP contribution in [0, 0.1) is 11.6 Å². The number of nitrogens with zero attached hydrogens (tertiary/aromatic N) is 2. The molecule has 0 unspecified atom stereocenters. The first-order valence-electron chi connectivity index (χ1n) is 9.72. The lowest BCUT2D eigenvalue weighted by molar-refractivity contribution is -0.143. The number of rotatable bonds is 7. The number of benzene rings is 2. The van der Waals surface area contributed by atoms with E-state index in [0.717, 1.165) is 23.0 Å². The van der Waals surface area contributed by atoms with E-state index < -0.39 is 23.5 Å². The van der Waals surface area contributed by atoms with Gasteiger partial charge in [-0.25, -0.2) is 8.78 Å². The minimum absolute atomic E-state index is 0.0174. The number of fused-ring (bicyclic) bond motifs is 1. The SMILES string of the molecule is CCOC(=O)Cn1c(=NC(=O)COc2ccc(C(C)C)cc2)sc2cc(F)cc(F)c21. The van der Waals surface area contributed by atoms with Crippen molar-refractivity contribution >= 4 is 33.4 Å². The molecule has 0 fully saturated rings. The highest BCUT2D eigenvalue weighted by atomic mass is 32.1. The van der Waals surface area contributed by atoms with Gasteiger partial charge in [0.25, 0.3) is 5.91 Å². The first-order chi connectivity index (χ1) is 14.8. The Bertz CT molecular complexity index is 1170. The molecule has 0 saturated carbocycles. The van der Waals surface area contributed by atoms with Gasteiger partial charge in [0.05, 0.1) is 16.8 Å². The molecule has 1 heterocycles. The molecule has 3 aromatic rings. The summed E-state index contributed by atoms with van der Waals surface area (Å²) in [5.74, 6) is -1.98. The molecule has 6 nitrogen and oxygen atoms in total. The summed E-state index contributed by atoms with van der Waals surface area (Å²) in [6.45, 7) is 5.23. The fourth-order valence-electron chi connectivity index (χ4n) is 2.93. The highest BCUT2D eigenvalue weighted by Crippen LogP contribution is 2.22. The van der Waals surface area contributed by atoms with E-state index in [-0.39, 0.29) is 34.8 Å². The standard InChI is InChI=1S/C22H22F2N2O4S/c1-4-29-20(28)11-26-21-17(24)9-15(23)10-18(21)31-22(26)25-19(27)12-30-16-7-5-14(6-8-16)13(2)3/h5-10,13H,4,11-12H2,1-3H3. The van der Waals surface area contributed by atoms with Crippen molar-refractivity contribution in [2.24, 2.45) is 4.99 Å². The predicted molar refractivity (Wildman–Crippen MR) is 113 cm³/mol. The molecule has 1 aromatic heterocycles. The molecule has 0 aliphatic rings. The maximum Gasteiger partial charge on any atom is 0.326 e. The van der Waals surface area contributed by atoms with E-state index in [2.05, 4.69) is 18.8 Å². The minimum atomic E-state index is -0.856. The van der Waals surface area contributed by atoms with Crippen molar-refractivity contribution < 1.29 is 27.8 Å². The van der Waals surface area contributed by atoms with Crippen LogP contribution >= 0.6 is 11.3 Å². The Kier molecular flexibility index (Phi) is 7.17. The fraction of sp³-hybridized carbons (Fsp3) is 0.318. The number of thiazole rings is 1. The van der Waals surface area contributed by atoms with Crippen molar-refractivity contribution in [3.8, 4) is 5.75 Å². The Balaban J connectivity index is 1.88. The zero-order valence-corrected chi connectivity index (χ0v) is 18.2. The minimum Gasteiger partial charge on any atom is -0.484 e. The lowest BCUT2D eigenvalue weighted by atomic mass is 10.0. The van der Waals surface area contributed by atoms with Crippen molar-refractivity contribution in [3.63, 3.8) is 0 Å². The van der Waals surface area contributed by atoms with Crippen LogP contribution in [-0.2, 0) is 20.9 Å². The maximum absolute atomic E-state index is 14.4. The third-order valence-corrected chi connectivity index (χ3v) is 5.44. The molecule has 0 spiro atoms. The largest absolute Gasteiger partial charge is 0.484 e. The van der Waals surface area contributed by atoms with E-state index in [1.807, 2.05) is 12.1 Å². The van der Waals surface area contributed by atoms with Gasteiger partial charge in [0, 0.05) is 6.07 Å². The monoisotopic (exact) mass is 448 g/mol. The van der Waals surface area contributed by atoms with Crippen molar-refractivity contribution in [1.29, 1.82) is 0 Å². The van der Waals surface area contributed by atoms with Crippen LogP contribution in [0.5, 0.6) is 5.75 Å². The lowest BCUT2D eigenvalue weighted by Crippen LogP contribution is -2.24. The second-order valence-electron chi connectivity index (χ2n) is 7.03. The fourth-order valence-corrected chi connectivity index (χ4v) is 4.02. The van der Waals surface area contributed by atoms with Gasteiger partial charge in [0.1, 0.15) is 18.1 Å². The van der Waals surface area contributed by atoms with Crippen LogP contribution in [0.25, 0.3) is 10.2 Å². The Hall–Kier alpha value is -3.07. The van der Waals surface area contributed by atoms with Gasteiger partial charge in [-0.2, -0.15) is 4.99 Å². The summed E-state index contributed by atoms with van der Waals surface area (Å²) >= 11 is 0.900. The van der Waals surface area contributed by atoms with Gasteiger partial charge in [-0.15, -0.1) is 0 Å². The molecule has 1 amide bonds. The third kappa shape index (κ3) is 5.55. The van der Waals surface area contributed by atoms with E-state index in [4.69, 9.17) is 9.47 Å². The molecule has 2 aromatic carbocycles. The summed E-state index contributed by atoms with van der Waals surface area (Å²) in [5.41, 5.74) is 1.12. The van der Waals surface area contributed by atoms with Gasteiger partial charge in [0.15, 0.2) is 17.2 Å². The van der Waals surface area contributed by atoms with Gasteiger partial charge in [0.2, 0.25) is 0 Å². The molecule has 164 valence electrons. The quantitative estimate of drug-likeness (QED) is 0.509. The molecular weight excluding hydrogens is 426 g/mol. The number of carbonyl (C=O) groups is 2. The lowest BCUT2D eigenvalue weighted by Gasteiger charge is -2.07. The Morgan fingerprint density at radius 3 is 2.52 bits per heavy atom. The van der Waals surface area contributed by atoms with E-state index in [1.165, 1.54) is 4.57 Å². The summed E-state index contributed by atoms with van der Waals surface area (Å²) in [5, 5.41) is 0. The van der Waals surface area contributed by atoms with Crippen molar-refractivity contribution in [3.05, 3.63) is 58.4 Å². The van der Waals surface area contributed by atoms with Crippen molar-refractivity contribution in [1.82, 2.24) is 4.57 Å². The first-order valence-corrected chi connectivity index (χ1v) is 10.5. The second kappa shape index (κ2) is 9.82. The van der Waals surface area contributed by atoms with Gasteiger partial charge < -0.3 is 14.0 Å². The summed E-state index contributed by atoms with van der Waals surface area (Å²) in [4.78, 5) is 28.4. The van der Waals surface area contributed by atoms with E-state index >= 15 is 0 Å². The number of aromatic nitrogens is 1. The van der Waals surface area contributed by atoms with Gasteiger partial charge in [-0.1, -0.05) is 37.3 Å². The van der Waals surface area contributed by atoms with Crippen LogP contribution in [0.15, 0.2) is 41.4 Å². The average molecular weight is 448 g/mol. The molecule has 0 aliphatic carbocycles. The number of hydrogen-bond acceptors (Lipinski definition) is 5. The summed E-state index contributed by atoms with van der Waals surface area (Å²) in [6, 6.07) is 9.20. The molecule has 0 radical (unpaired) electrons. The number of hydrogen-bond donors (Lipinski definition) is 0. The van der Waals surface area contributed by atoms with Crippen LogP contribution in [0.2, 0.25) is 0 Å². The molecule has 9 heteroatoms. The summed E-state index contributed by atoms with van der Waals surface area (Å²) < 4.78 is 39.8. The Morgan fingerprint density at radius 1 is 1.16 bits per heavy atom. The van der Waals surface area contributed by atoms with Crippen molar-refractivity contribution in [2.75, 3.05) is 13.2 Å². The maximum atomic E-state index is 14.4. The molecule has 0 aliphatic heterocycles. The highest BCUT2D eigenvalue weighted by Gasteiger charge is 2.17. The number of halogens is 2. The van der Waals surface area contributed by atoms with Gasteiger partial charge >= 0.3 is 5.97 Å². The molecule has 0 atom stereocenters. The topological polar surface area (TPSA) is 69.9 Å². The van der Waals surface area contributed by atoms with E-state index in [9.17, 15) is 18.4 Å². The highest BCUT2D eigenvalue weighted by molar-refractivity contribution is 7.16. The Labute approximate surface area is 181 Å². The third-order valence-electron chi connectivity index (χ3n) is 4.42. The van der Waals surface area contributed by atoms with Crippen LogP contribution in [0.1, 0.15) is 32.3 Å². The number of carbonyl (C=O) groups excluding carboxylic acids is 2. The Morgan fingerprint density at radius 2 is 1.87 bits per heavy atom. The predicted octanol–water partition coefficient (Wildman–Crippen LogP) is 4.17. The van der Waals surface area contributed by atoms with Gasteiger partial charge in [-0.3, -0.25) is 9.59 Å². The van der Waals surface area contributed by atoms with Crippen LogP contribution in [0.4, 0.5) is 8.78 Å².